The number of nitrogens with zero attached hydrogens (tertiary/aromatic N) is 4. The van der Waals surface area contributed by atoms with Crippen LogP contribution in [0.4, 0.5) is 10.9 Å². The highest BCUT2D eigenvalue weighted by molar-refractivity contribution is 9.10. The molecule has 10 heteroatoms. The third-order valence-corrected chi connectivity index (χ3v) is 4.26. The van der Waals surface area contributed by atoms with Gasteiger partial charge in [0.05, 0.1) is 10.8 Å². The molecule has 20 heavy (non-hydrogen) atoms. The molecule has 1 amide bonds. The van der Waals surface area contributed by atoms with E-state index in [-0.39, 0.29) is 16.2 Å². The molecule has 0 aromatic carbocycles. The molecule has 0 aliphatic heterocycles. The quantitative estimate of drug-likeness (QED) is 0.667. The van der Waals surface area contributed by atoms with Crippen LogP contribution in [0.3, 0.4) is 0 Å². The Morgan fingerprint density at radius 3 is 2.85 bits per heavy atom. The Hall–Kier alpha value is -1.81. The number of amides is 1. The molecule has 1 atom stereocenters. The first-order valence-electron chi connectivity index (χ1n) is 5.51. The van der Waals surface area contributed by atoms with E-state index in [9.17, 15) is 14.9 Å². The minimum Gasteiger partial charge on any atom is -0.358 e. The zero-order valence-corrected chi connectivity index (χ0v) is 12.9. The van der Waals surface area contributed by atoms with E-state index in [0.717, 1.165) is 0 Å². The van der Waals surface area contributed by atoms with Gasteiger partial charge in [0.2, 0.25) is 0 Å². The fourth-order valence-corrected chi connectivity index (χ4v) is 2.52. The van der Waals surface area contributed by atoms with Gasteiger partial charge in [-0.05, 0) is 34.7 Å². The minimum absolute atomic E-state index is 0.274. The number of thiazole rings is 1. The van der Waals surface area contributed by atoms with Crippen LogP contribution in [0.25, 0.3) is 0 Å². The van der Waals surface area contributed by atoms with Crippen LogP contribution in [0, 0.1) is 17.0 Å². The maximum atomic E-state index is 12.1. The van der Waals surface area contributed by atoms with Crippen molar-refractivity contribution in [3.63, 3.8) is 0 Å². The fraction of sp³-hybridized carbons (Fsp3) is 0.300. The van der Waals surface area contributed by atoms with Crippen LogP contribution < -0.4 is 5.32 Å². The van der Waals surface area contributed by atoms with Crippen LogP contribution in [-0.4, -0.2) is 25.6 Å². The van der Waals surface area contributed by atoms with E-state index < -0.39 is 11.0 Å². The van der Waals surface area contributed by atoms with Gasteiger partial charge in [-0.1, -0.05) is 0 Å². The second-order valence-corrected chi connectivity index (χ2v) is 5.61. The van der Waals surface area contributed by atoms with E-state index in [1.165, 1.54) is 16.0 Å². The molecule has 2 aromatic heterocycles. The van der Waals surface area contributed by atoms with Gasteiger partial charge < -0.3 is 15.4 Å². The Labute approximate surface area is 126 Å². The van der Waals surface area contributed by atoms with Crippen molar-refractivity contribution in [2.24, 2.45) is 0 Å². The Bertz CT molecular complexity index is 654. The Kier molecular flexibility index (Phi) is 4.14. The number of rotatable bonds is 4. The maximum Gasteiger partial charge on any atom is 0.404 e. The molecule has 8 nitrogen and oxygen atoms in total. The van der Waals surface area contributed by atoms with E-state index in [2.05, 4.69) is 31.3 Å². The highest BCUT2D eigenvalue weighted by Gasteiger charge is 2.29. The molecule has 0 spiro atoms. The second-order valence-electron chi connectivity index (χ2n) is 3.93. The fourth-order valence-electron chi connectivity index (χ4n) is 1.58. The third kappa shape index (κ3) is 2.70. The number of carbonyl (C=O) groups excluding carboxylic acids is 1. The van der Waals surface area contributed by atoms with Crippen molar-refractivity contribution in [3.05, 3.63) is 31.9 Å². The van der Waals surface area contributed by atoms with Crippen molar-refractivity contribution in [1.82, 2.24) is 14.8 Å². The summed E-state index contributed by atoms with van der Waals surface area (Å²) in [5.74, 6) is -0.649. The molecule has 0 fully saturated rings. The summed E-state index contributed by atoms with van der Waals surface area (Å²) in [5, 5.41) is 19.5. The zero-order chi connectivity index (χ0) is 14.9. The number of aromatic nitrogens is 3. The Balaban J connectivity index is 2.25. The number of nitro groups is 1. The molecule has 2 aromatic rings. The minimum atomic E-state index is -0.691. The highest BCUT2D eigenvalue weighted by atomic mass is 79.9. The van der Waals surface area contributed by atoms with E-state index >= 15 is 0 Å². The van der Waals surface area contributed by atoms with Crippen molar-refractivity contribution < 1.29 is 9.72 Å². The number of halogens is 1. The molecular weight excluding hydrogens is 350 g/mol. The predicted molar refractivity (Wildman–Crippen MR) is 76.8 cm³/mol. The van der Waals surface area contributed by atoms with Gasteiger partial charge in [-0.2, -0.15) is 4.68 Å². The summed E-state index contributed by atoms with van der Waals surface area (Å²) in [7, 11) is 0. The highest BCUT2D eigenvalue weighted by Crippen LogP contribution is 2.29. The standard InChI is InChI=1S/C10H10BrN5O3S/c1-5-7(11)8(16(18)19)14-15(5)6(2)9(17)13-10-12-3-4-20-10/h3-4,6H,1-2H3,(H,12,13,17)/t6-/m1/s1. The predicted octanol–water partition coefficient (Wildman–Crippen LogP) is 2.52. The summed E-state index contributed by atoms with van der Waals surface area (Å²) in [6.07, 6.45) is 1.57. The van der Waals surface area contributed by atoms with Crippen molar-refractivity contribution in [2.75, 3.05) is 5.32 Å². The van der Waals surface area contributed by atoms with Crippen molar-refractivity contribution in [2.45, 2.75) is 19.9 Å². The first-order valence-corrected chi connectivity index (χ1v) is 7.18. The lowest BCUT2D eigenvalue weighted by Crippen LogP contribution is -2.25. The first-order chi connectivity index (χ1) is 9.41. The largest absolute Gasteiger partial charge is 0.404 e. The van der Waals surface area contributed by atoms with Crippen molar-refractivity contribution in [1.29, 1.82) is 0 Å². The van der Waals surface area contributed by atoms with Gasteiger partial charge in [-0.15, -0.1) is 11.3 Å². The molecule has 0 radical (unpaired) electrons. The summed E-state index contributed by atoms with van der Waals surface area (Å²) in [4.78, 5) is 26.2. The molecule has 0 saturated heterocycles. The van der Waals surface area contributed by atoms with Gasteiger partial charge in [0.1, 0.15) is 10.5 Å². The topological polar surface area (TPSA) is 103 Å². The SMILES string of the molecule is Cc1c(Br)c([N+](=O)[O-])nn1[C@H](C)C(=O)Nc1nccs1. The average molecular weight is 360 g/mol. The molecule has 2 heterocycles. The summed E-state index contributed by atoms with van der Waals surface area (Å²) in [6.45, 7) is 3.26. The summed E-state index contributed by atoms with van der Waals surface area (Å²) in [5.41, 5.74) is 0.512. The lowest BCUT2D eigenvalue weighted by atomic mass is 10.3. The number of hydrogen-bond acceptors (Lipinski definition) is 6. The molecule has 1 N–H and O–H groups in total. The van der Waals surface area contributed by atoms with Crippen LogP contribution in [-0.2, 0) is 4.79 Å². The van der Waals surface area contributed by atoms with E-state index in [0.29, 0.717) is 10.8 Å². The van der Waals surface area contributed by atoms with Gasteiger partial charge in [0.25, 0.3) is 5.91 Å². The molecule has 106 valence electrons. The molecule has 0 saturated carbocycles. The van der Waals surface area contributed by atoms with Crippen LogP contribution in [0.5, 0.6) is 0 Å². The van der Waals surface area contributed by atoms with Gasteiger partial charge in [-0.25, -0.2) is 4.98 Å². The lowest BCUT2D eigenvalue weighted by molar-refractivity contribution is -0.390. The molecule has 0 aliphatic carbocycles. The van der Waals surface area contributed by atoms with E-state index in [4.69, 9.17) is 0 Å². The summed E-state index contributed by atoms with van der Waals surface area (Å²) < 4.78 is 1.59. The number of nitrogens with one attached hydrogen (secondary N) is 1. The smallest absolute Gasteiger partial charge is 0.358 e. The van der Waals surface area contributed by atoms with Crippen LogP contribution >= 0.6 is 27.3 Å². The van der Waals surface area contributed by atoms with Crippen LogP contribution in [0.1, 0.15) is 18.7 Å². The first kappa shape index (κ1) is 14.6. The lowest BCUT2D eigenvalue weighted by Gasteiger charge is -2.09. The van der Waals surface area contributed by atoms with Crippen LogP contribution in [0.15, 0.2) is 16.0 Å². The van der Waals surface area contributed by atoms with Gasteiger partial charge in [-0.3, -0.25) is 4.79 Å². The average Bonchev–Trinajstić information content (AvgIpc) is 2.99. The van der Waals surface area contributed by atoms with Gasteiger partial charge in [0, 0.05) is 11.6 Å². The maximum absolute atomic E-state index is 12.1. The molecule has 0 aliphatic rings. The Morgan fingerprint density at radius 2 is 2.35 bits per heavy atom. The van der Waals surface area contributed by atoms with E-state index in [1.807, 2.05) is 0 Å². The molecular formula is C10H10BrN5O3S. The van der Waals surface area contributed by atoms with Gasteiger partial charge >= 0.3 is 5.82 Å². The van der Waals surface area contributed by atoms with Gasteiger partial charge in [0.15, 0.2) is 5.13 Å². The van der Waals surface area contributed by atoms with Crippen molar-refractivity contribution >= 4 is 44.1 Å². The molecule has 2 rings (SSSR count). The number of carbonyl (C=O) groups is 1. The number of hydrogen-bond donors (Lipinski definition) is 1. The zero-order valence-electron chi connectivity index (χ0n) is 10.5. The van der Waals surface area contributed by atoms with Crippen LogP contribution in [0.2, 0.25) is 0 Å². The van der Waals surface area contributed by atoms with E-state index in [1.54, 1.807) is 25.4 Å². The monoisotopic (exact) mass is 359 g/mol. The molecule has 0 unspecified atom stereocenters. The number of anilines is 1. The van der Waals surface area contributed by atoms with Crippen molar-refractivity contribution in [3.8, 4) is 0 Å². The summed E-state index contributed by atoms with van der Waals surface area (Å²) in [6, 6.07) is -0.691. The summed E-state index contributed by atoms with van der Waals surface area (Å²) >= 11 is 4.40. The molecule has 0 bridgehead atoms. The Morgan fingerprint density at radius 1 is 1.65 bits per heavy atom. The normalized spacial score (nSPS) is 12.2. The third-order valence-electron chi connectivity index (χ3n) is 2.64. The second kappa shape index (κ2) is 5.67.